The van der Waals surface area contributed by atoms with E-state index in [2.05, 4.69) is 35.5 Å². The molecule has 0 radical (unpaired) electrons. The topological polar surface area (TPSA) is 15.3 Å². The van der Waals surface area contributed by atoms with Crippen molar-refractivity contribution in [2.75, 3.05) is 23.8 Å². The van der Waals surface area contributed by atoms with Gasteiger partial charge in [-0.05, 0) is 35.7 Å². The van der Waals surface area contributed by atoms with E-state index in [4.69, 9.17) is 11.6 Å². The molecule has 0 aliphatic carbocycles. The van der Waals surface area contributed by atoms with Gasteiger partial charge >= 0.3 is 0 Å². The van der Waals surface area contributed by atoms with Crippen molar-refractivity contribution in [3.05, 3.63) is 58.4 Å². The number of hydrogen-bond donors (Lipinski definition) is 1. The maximum absolute atomic E-state index is 13.8. The fourth-order valence-corrected chi connectivity index (χ4v) is 2.74. The molecule has 3 rings (SSSR count). The summed E-state index contributed by atoms with van der Waals surface area (Å²) in [6, 6.07) is 11.4. The highest BCUT2D eigenvalue weighted by Gasteiger charge is 2.15. The van der Waals surface area contributed by atoms with Crippen molar-refractivity contribution in [2.45, 2.75) is 13.0 Å². The average molecular weight is 291 g/mol. The molecule has 1 N–H and O–H groups in total. The zero-order valence-corrected chi connectivity index (χ0v) is 12.0. The van der Waals surface area contributed by atoms with Crippen molar-refractivity contribution in [3.8, 4) is 0 Å². The van der Waals surface area contributed by atoms with Crippen LogP contribution in [0.4, 0.5) is 15.8 Å². The van der Waals surface area contributed by atoms with Crippen molar-refractivity contribution in [3.63, 3.8) is 0 Å². The summed E-state index contributed by atoms with van der Waals surface area (Å²) in [7, 11) is 2.10. The van der Waals surface area contributed by atoms with E-state index in [1.807, 2.05) is 0 Å². The Morgan fingerprint density at radius 3 is 3.00 bits per heavy atom. The third-order valence-electron chi connectivity index (χ3n) is 3.71. The molecule has 0 saturated carbocycles. The minimum Gasteiger partial charge on any atom is -0.379 e. The van der Waals surface area contributed by atoms with E-state index in [9.17, 15) is 4.39 Å². The molecule has 0 atom stereocenters. The predicted molar refractivity (Wildman–Crippen MR) is 82.2 cm³/mol. The second-order valence-corrected chi connectivity index (χ2v) is 5.50. The van der Waals surface area contributed by atoms with Gasteiger partial charge in [-0.25, -0.2) is 4.39 Å². The maximum atomic E-state index is 13.8. The van der Waals surface area contributed by atoms with Crippen LogP contribution in [0.1, 0.15) is 11.1 Å². The molecule has 20 heavy (non-hydrogen) atoms. The van der Waals surface area contributed by atoms with Crippen LogP contribution in [-0.4, -0.2) is 13.6 Å². The fraction of sp³-hybridized carbons (Fsp3) is 0.250. The minimum atomic E-state index is -0.393. The summed E-state index contributed by atoms with van der Waals surface area (Å²) >= 11 is 5.77. The van der Waals surface area contributed by atoms with E-state index in [-0.39, 0.29) is 5.02 Å². The first-order chi connectivity index (χ1) is 9.65. The van der Waals surface area contributed by atoms with Crippen molar-refractivity contribution < 1.29 is 4.39 Å². The lowest BCUT2D eigenvalue weighted by atomic mass is 10.1. The van der Waals surface area contributed by atoms with Crippen LogP contribution in [0.15, 0.2) is 36.4 Å². The number of benzene rings is 2. The second kappa shape index (κ2) is 5.33. The first-order valence-electron chi connectivity index (χ1n) is 6.66. The van der Waals surface area contributed by atoms with Crippen LogP contribution in [-0.2, 0) is 13.0 Å². The predicted octanol–water partition coefficient (Wildman–Crippen LogP) is 4.08. The molecule has 1 heterocycles. The molecule has 1 aliphatic rings. The SMILES string of the molecule is CN1CCc2cc(CNc3cccc(Cl)c3F)ccc21. The van der Waals surface area contributed by atoms with Crippen LogP contribution in [0.5, 0.6) is 0 Å². The van der Waals surface area contributed by atoms with Crippen LogP contribution in [0.25, 0.3) is 0 Å². The number of fused-ring (bicyclic) bond motifs is 1. The maximum Gasteiger partial charge on any atom is 0.164 e. The number of rotatable bonds is 3. The van der Waals surface area contributed by atoms with Gasteiger partial charge in [-0.1, -0.05) is 29.8 Å². The highest BCUT2D eigenvalue weighted by atomic mass is 35.5. The van der Waals surface area contributed by atoms with Gasteiger partial charge in [0.15, 0.2) is 5.82 Å². The quantitative estimate of drug-likeness (QED) is 0.916. The third-order valence-corrected chi connectivity index (χ3v) is 4.00. The molecule has 0 unspecified atom stereocenters. The number of anilines is 2. The lowest BCUT2D eigenvalue weighted by Gasteiger charge is -2.13. The van der Waals surface area contributed by atoms with Gasteiger partial charge < -0.3 is 10.2 Å². The lowest BCUT2D eigenvalue weighted by Crippen LogP contribution is -2.12. The Balaban J connectivity index is 1.74. The van der Waals surface area contributed by atoms with E-state index in [0.717, 1.165) is 18.5 Å². The molecule has 0 amide bonds. The molecule has 104 valence electrons. The second-order valence-electron chi connectivity index (χ2n) is 5.09. The first-order valence-corrected chi connectivity index (χ1v) is 7.04. The van der Waals surface area contributed by atoms with Gasteiger partial charge in [0, 0.05) is 25.8 Å². The van der Waals surface area contributed by atoms with E-state index >= 15 is 0 Å². The molecule has 0 bridgehead atoms. The van der Waals surface area contributed by atoms with Crippen LogP contribution in [0.3, 0.4) is 0 Å². The van der Waals surface area contributed by atoms with E-state index in [1.165, 1.54) is 11.3 Å². The summed E-state index contributed by atoms with van der Waals surface area (Å²) in [5.41, 5.74) is 4.24. The minimum absolute atomic E-state index is 0.144. The average Bonchev–Trinajstić information content (AvgIpc) is 2.82. The highest BCUT2D eigenvalue weighted by molar-refractivity contribution is 6.31. The smallest absolute Gasteiger partial charge is 0.164 e. The van der Waals surface area contributed by atoms with E-state index in [0.29, 0.717) is 12.2 Å². The van der Waals surface area contributed by atoms with Crippen molar-refractivity contribution in [1.29, 1.82) is 0 Å². The highest BCUT2D eigenvalue weighted by Crippen LogP contribution is 2.28. The van der Waals surface area contributed by atoms with Gasteiger partial charge in [-0.15, -0.1) is 0 Å². The Bertz CT molecular complexity index is 642. The molecule has 0 spiro atoms. The Labute approximate surface area is 123 Å². The number of nitrogens with zero attached hydrogens (tertiary/aromatic N) is 1. The Morgan fingerprint density at radius 2 is 2.15 bits per heavy atom. The van der Waals surface area contributed by atoms with Crippen LogP contribution < -0.4 is 10.2 Å². The van der Waals surface area contributed by atoms with E-state index in [1.54, 1.807) is 18.2 Å². The summed E-state index contributed by atoms with van der Waals surface area (Å²) in [4.78, 5) is 2.25. The zero-order valence-electron chi connectivity index (χ0n) is 11.3. The molecule has 0 fully saturated rings. The van der Waals surface area contributed by atoms with Crippen molar-refractivity contribution >= 4 is 23.0 Å². The molecular weight excluding hydrogens is 275 g/mol. The first kappa shape index (κ1) is 13.3. The summed E-state index contributed by atoms with van der Waals surface area (Å²) in [6.45, 7) is 1.66. The van der Waals surface area contributed by atoms with Gasteiger partial charge in [0.1, 0.15) is 0 Å². The molecule has 0 aromatic heterocycles. The molecule has 4 heteroatoms. The molecule has 2 aromatic rings. The van der Waals surface area contributed by atoms with Crippen LogP contribution in [0.2, 0.25) is 5.02 Å². The zero-order chi connectivity index (χ0) is 14.1. The summed E-state index contributed by atoms with van der Waals surface area (Å²) < 4.78 is 13.8. The van der Waals surface area contributed by atoms with E-state index < -0.39 is 5.82 Å². The van der Waals surface area contributed by atoms with Gasteiger partial charge in [-0.2, -0.15) is 0 Å². The summed E-state index contributed by atoms with van der Waals surface area (Å²) in [6.07, 6.45) is 1.07. The number of likely N-dealkylation sites (N-methyl/N-ethyl adjacent to an activating group) is 1. The Hall–Kier alpha value is -1.74. The van der Waals surface area contributed by atoms with Crippen molar-refractivity contribution in [2.24, 2.45) is 0 Å². The lowest BCUT2D eigenvalue weighted by molar-refractivity contribution is 0.630. The van der Waals surface area contributed by atoms with Gasteiger partial charge in [-0.3, -0.25) is 0 Å². The normalized spacial score (nSPS) is 13.4. The Kier molecular flexibility index (Phi) is 3.53. The van der Waals surface area contributed by atoms with Gasteiger partial charge in [0.2, 0.25) is 0 Å². The van der Waals surface area contributed by atoms with Gasteiger partial charge in [0.05, 0.1) is 10.7 Å². The number of hydrogen-bond acceptors (Lipinski definition) is 2. The third kappa shape index (κ3) is 2.46. The Morgan fingerprint density at radius 1 is 1.30 bits per heavy atom. The molecule has 2 aromatic carbocycles. The molecular formula is C16H16ClFN2. The monoisotopic (exact) mass is 290 g/mol. The number of nitrogens with one attached hydrogen (secondary N) is 1. The summed E-state index contributed by atoms with van der Waals surface area (Å²) in [5.74, 6) is -0.393. The summed E-state index contributed by atoms with van der Waals surface area (Å²) in [5, 5.41) is 3.24. The standard InChI is InChI=1S/C16H16ClFN2/c1-20-8-7-12-9-11(5-6-15(12)20)10-19-14-4-2-3-13(17)16(14)18/h2-6,9,19H,7-8,10H2,1H3. The van der Waals surface area contributed by atoms with Crippen LogP contribution in [0, 0.1) is 5.82 Å². The molecule has 0 saturated heterocycles. The molecule has 2 nitrogen and oxygen atoms in total. The largest absolute Gasteiger partial charge is 0.379 e. The fourth-order valence-electron chi connectivity index (χ4n) is 2.57. The molecule has 1 aliphatic heterocycles. The van der Waals surface area contributed by atoms with Crippen molar-refractivity contribution in [1.82, 2.24) is 0 Å². The number of halogens is 2. The van der Waals surface area contributed by atoms with Crippen LogP contribution >= 0.6 is 11.6 Å². The van der Waals surface area contributed by atoms with Gasteiger partial charge in [0.25, 0.3) is 0 Å².